The minimum Gasteiger partial charge on any atom is -0.289 e. The molecule has 0 N–H and O–H groups in total. The molecule has 1 heteroatoms. The second-order valence-corrected chi connectivity index (χ2v) is 6.72. The summed E-state index contributed by atoms with van der Waals surface area (Å²) in [6, 6.07) is 22.0. The maximum absolute atomic E-state index is 13.4. The lowest BCUT2D eigenvalue weighted by Crippen LogP contribution is -2.09. The van der Waals surface area contributed by atoms with Crippen molar-refractivity contribution >= 4 is 16.6 Å². The summed E-state index contributed by atoms with van der Waals surface area (Å²) >= 11 is 0. The second-order valence-electron chi connectivity index (χ2n) is 6.72. The molecular weight excluding hydrogens is 304 g/mol. The lowest BCUT2D eigenvalue weighted by Gasteiger charge is -2.18. The van der Waals surface area contributed by atoms with Gasteiger partial charge in [-0.05, 0) is 30.2 Å². The third-order valence-corrected chi connectivity index (χ3v) is 4.93. The van der Waals surface area contributed by atoms with Crippen molar-refractivity contribution < 1.29 is 4.79 Å². The summed E-state index contributed by atoms with van der Waals surface area (Å²) in [5.74, 6) is 0.269. The van der Waals surface area contributed by atoms with Gasteiger partial charge in [0.05, 0.1) is 0 Å². The van der Waals surface area contributed by atoms with Crippen LogP contribution in [0.25, 0.3) is 10.8 Å². The Bertz CT molecular complexity index is 1020. The maximum Gasteiger partial charge on any atom is 0.193 e. The molecule has 4 rings (SSSR count). The minimum absolute atomic E-state index is 0.0955. The van der Waals surface area contributed by atoms with E-state index >= 15 is 0 Å². The summed E-state index contributed by atoms with van der Waals surface area (Å²) in [7, 11) is 0. The molecule has 1 aliphatic carbocycles. The highest BCUT2D eigenvalue weighted by Gasteiger charge is 2.24. The first-order valence-corrected chi connectivity index (χ1v) is 8.63. The number of benzene rings is 3. The van der Waals surface area contributed by atoms with Gasteiger partial charge in [-0.1, -0.05) is 90.0 Å². The second kappa shape index (κ2) is 6.18. The van der Waals surface area contributed by atoms with Crippen molar-refractivity contribution in [3.05, 3.63) is 107 Å². The topological polar surface area (TPSA) is 17.1 Å². The van der Waals surface area contributed by atoms with Gasteiger partial charge >= 0.3 is 0 Å². The van der Waals surface area contributed by atoms with Crippen LogP contribution in [0.2, 0.25) is 0 Å². The highest BCUT2D eigenvalue weighted by molar-refractivity contribution is 6.17. The zero-order chi connectivity index (χ0) is 17.4. The molecule has 1 nitrogen and oxygen atoms in total. The molecule has 1 aliphatic rings. The van der Waals surface area contributed by atoms with Crippen LogP contribution in [0.4, 0.5) is 0 Å². The molecule has 0 amide bonds. The van der Waals surface area contributed by atoms with Crippen molar-refractivity contribution in [3.8, 4) is 0 Å². The van der Waals surface area contributed by atoms with Crippen LogP contribution in [0.3, 0.4) is 0 Å². The van der Waals surface area contributed by atoms with Gasteiger partial charge in [0.25, 0.3) is 0 Å². The fourth-order valence-corrected chi connectivity index (χ4v) is 3.76. The Morgan fingerprint density at radius 2 is 1.56 bits per heavy atom. The monoisotopic (exact) mass is 324 g/mol. The molecule has 3 aromatic carbocycles. The summed E-state index contributed by atoms with van der Waals surface area (Å²) in [6.45, 7) is 4.26. The number of rotatable bonds is 3. The molecule has 25 heavy (non-hydrogen) atoms. The zero-order valence-corrected chi connectivity index (χ0v) is 14.5. The van der Waals surface area contributed by atoms with E-state index in [1.807, 2.05) is 42.5 Å². The lowest BCUT2D eigenvalue weighted by atomic mass is 9.84. The molecular formula is C24H20O. The van der Waals surface area contributed by atoms with Crippen molar-refractivity contribution in [3.63, 3.8) is 0 Å². The Balaban J connectivity index is 1.98. The quantitative estimate of drug-likeness (QED) is 0.535. The van der Waals surface area contributed by atoms with Crippen LogP contribution >= 0.6 is 0 Å². The molecule has 3 aromatic rings. The number of fused-ring (bicyclic) bond motifs is 1. The van der Waals surface area contributed by atoms with E-state index in [1.165, 1.54) is 11.1 Å². The van der Waals surface area contributed by atoms with Crippen LogP contribution in [-0.2, 0) is 0 Å². The maximum atomic E-state index is 13.4. The lowest BCUT2D eigenvalue weighted by molar-refractivity contribution is 0.103. The Labute approximate surface area is 148 Å². The molecule has 0 fully saturated rings. The van der Waals surface area contributed by atoms with E-state index < -0.39 is 0 Å². The van der Waals surface area contributed by atoms with Crippen LogP contribution in [0.1, 0.15) is 41.3 Å². The molecule has 0 bridgehead atoms. The third-order valence-electron chi connectivity index (χ3n) is 4.93. The number of carbonyl (C=O) groups is 1. The van der Waals surface area contributed by atoms with E-state index in [0.29, 0.717) is 0 Å². The van der Waals surface area contributed by atoms with Gasteiger partial charge in [-0.2, -0.15) is 0 Å². The summed E-state index contributed by atoms with van der Waals surface area (Å²) in [6.07, 6.45) is 4.46. The van der Waals surface area contributed by atoms with E-state index in [4.69, 9.17) is 0 Å². The van der Waals surface area contributed by atoms with Crippen molar-refractivity contribution in [2.75, 3.05) is 0 Å². The number of ketones is 1. The number of hydrogen-bond donors (Lipinski definition) is 0. The van der Waals surface area contributed by atoms with Gasteiger partial charge in [-0.3, -0.25) is 4.79 Å². The summed E-state index contributed by atoms with van der Waals surface area (Å²) in [4.78, 5) is 13.4. The summed E-state index contributed by atoms with van der Waals surface area (Å²) in [5.41, 5.74) is 5.20. The van der Waals surface area contributed by atoms with Crippen LogP contribution in [0.5, 0.6) is 0 Å². The SMILES string of the molecule is CC1=CC(c2ccc3ccccc3c2C(=O)c2ccccc2)C(C)=C1. The molecule has 0 aliphatic heterocycles. The number of hydrogen-bond acceptors (Lipinski definition) is 1. The molecule has 1 atom stereocenters. The van der Waals surface area contributed by atoms with Gasteiger partial charge < -0.3 is 0 Å². The molecule has 0 heterocycles. The summed E-state index contributed by atoms with van der Waals surface area (Å²) < 4.78 is 0. The first-order chi connectivity index (χ1) is 12.1. The molecule has 0 spiro atoms. The van der Waals surface area contributed by atoms with Crippen molar-refractivity contribution in [1.82, 2.24) is 0 Å². The molecule has 122 valence electrons. The minimum atomic E-state index is 0.0955. The fraction of sp³-hybridized carbons (Fsp3) is 0.125. The first kappa shape index (κ1) is 15.6. The van der Waals surface area contributed by atoms with E-state index in [0.717, 1.165) is 27.5 Å². The Morgan fingerprint density at radius 1 is 0.840 bits per heavy atom. The smallest absolute Gasteiger partial charge is 0.193 e. The van der Waals surface area contributed by atoms with E-state index in [2.05, 4.69) is 50.3 Å². The highest BCUT2D eigenvalue weighted by atomic mass is 16.1. The Hall–Kier alpha value is -2.93. The largest absolute Gasteiger partial charge is 0.289 e. The highest BCUT2D eigenvalue weighted by Crippen LogP contribution is 2.38. The first-order valence-electron chi connectivity index (χ1n) is 8.63. The van der Waals surface area contributed by atoms with Gasteiger partial charge in [0.1, 0.15) is 0 Å². The molecule has 0 saturated carbocycles. The predicted molar refractivity (Wildman–Crippen MR) is 104 cm³/mol. The average Bonchev–Trinajstić information content (AvgIpc) is 2.99. The molecule has 0 radical (unpaired) electrons. The average molecular weight is 324 g/mol. The van der Waals surface area contributed by atoms with Gasteiger partial charge in [-0.25, -0.2) is 0 Å². The molecule has 1 unspecified atom stereocenters. The van der Waals surface area contributed by atoms with Gasteiger partial charge in [0, 0.05) is 17.0 Å². The van der Waals surface area contributed by atoms with Crippen molar-refractivity contribution in [2.24, 2.45) is 0 Å². The standard InChI is InChI=1S/C24H20O/c1-16-14-17(2)22(15-16)21-13-12-18-8-6-7-11-20(18)23(21)24(25)19-9-4-3-5-10-19/h3-15,22H,1-2H3. The van der Waals surface area contributed by atoms with Crippen molar-refractivity contribution in [1.29, 1.82) is 0 Å². The van der Waals surface area contributed by atoms with Gasteiger partial charge in [-0.15, -0.1) is 0 Å². The van der Waals surface area contributed by atoms with E-state index in [1.54, 1.807) is 0 Å². The number of allylic oxidation sites excluding steroid dienone is 4. The normalized spacial score (nSPS) is 16.6. The van der Waals surface area contributed by atoms with Crippen LogP contribution < -0.4 is 0 Å². The van der Waals surface area contributed by atoms with E-state index in [9.17, 15) is 4.79 Å². The van der Waals surface area contributed by atoms with Crippen LogP contribution in [0, 0.1) is 0 Å². The van der Waals surface area contributed by atoms with Gasteiger partial charge in [0.15, 0.2) is 5.78 Å². The zero-order valence-electron chi connectivity index (χ0n) is 14.5. The molecule has 0 saturated heterocycles. The third kappa shape index (κ3) is 2.72. The summed E-state index contributed by atoms with van der Waals surface area (Å²) in [5, 5.41) is 2.13. The fourth-order valence-electron chi connectivity index (χ4n) is 3.76. The molecule has 0 aromatic heterocycles. The van der Waals surface area contributed by atoms with Gasteiger partial charge in [0.2, 0.25) is 0 Å². The van der Waals surface area contributed by atoms with Crippen molar-refractivity contribution in [2.45, 2.75) is 19.8 Å². The predicted octanol–water partition coefficient (Wildman–Crippen LogP) is 6.06. The van der Waals surface area contributed by atoms with Crippen LogP contribution in [0.15, 0.2) is 90.0 Å². The Morgan fingerprint density at radius 3 is 2.28 bits per heavy atom. The number of carbonyl (C=O) groups excluding carboxylic acids is 1. The van der Waals surface area contributed by atoms with Crippen LogP contribution in [-0.4, -0.2) is 5.78 Å². The Kier molecular flexibility index (Phi) is 3.85. The van der Waals surface area contributed by atoms with E-state index in [-0.39, 0.29) is 11.7 Å².